The summed E-state index contributed by atoms with van der Waals surface area (Å²) in [5, 5.41) is 27.3. The van der Waals surface area contributed by atoms with Gasteiger partial charge in [0.25, 0.3) is 11.4 Å². The summed E-state index contributed by atoms with van der Waals surface area (Å²) in [7, 11) is 0. The molecule has 2 atom stereocenters. The number of rotatable bonds is 10. The molecule has 0 bridgehead atoms. The second-order valence-electron chi connectivity index (χ2n) is 10.5. The summed E-state index contributed by atoms with van der Waals surface area (Å²) in [6.07, 6.45) is 0.244. The van der Waals surface area contributed by atoms with Gasteiger partial charge < -0.3 is 20.3 Å². The number of carbonyl (C=O) groups excluding carboxylic acids is 3. The zero-order valence-corrected chi connectivity index (χ0v) is 22.6. The van der Waals surface area contributed by atoms with Crippen molar-refractivity contribution in [1.82, 2.24) is 15.5 Å². The number of benzene rings is 2. The number of likely N-dealkylation sites (tertiary alicyclic amines) is 1. The van der Waals surface area contributed by atoms with Gasteiger partial charge in [-0.05, 0) is 44.7 Å². The summed E-state index contributed by atoms with van der Waals surface area (Å²) < 4.78 is 5.44. The Morgan fingerprint density at radius 3 is 1.50 bits per heavy atom. The molecular weight excluding hydrogens is 522 g/mol. The van der Waals surface area contributed by atoms with Crippen LogP contribution in [0, 0.1) is 32.1 Å². The van der Waals surface area contributed by atoms with E-state index in [-0.39, 0.29) is 49.4 Å². The number of amides is 3. The molecule has 2 N–H and O–H groups in total. The molecule has 13 heteroatoms. The minimum Gasteiger partial charge on any atom is -0.444 e. The van der Waals surface area contributed by atoms with Crippen LogP contribution < -0.4 is 10.6 Å². The highest BCUT2D eigenvalue weighted by molar-refractivity contribution is 5.89. The first-order chi connectivity index (χ1) is 18.8. The average molecular weight is 556 g/mol. The molecule has 1 heterocycles. The van der Waals surface area contributed by atoms with Gasteiger partial charge in [0.05, 0.1) is 21.7 Å². The number of non-ortho nitro benzene ring substituents is 2. The zero-order chi connectivity index (χ0) is 29.4. The molecule has 2 aromatic rings. The number of nitro benzene ring substituents is 2. The summed E-state index contributed by atoms with van der Waals surface area (Å²) in [4.78, 5) is 61.0. The highest BCUT2D eigenvalue weighted by atomic mass is 16.6. The minimum atomic E-state index is -0.802. The molecular formula is C27H33N5O8. The maximum atomic E-state index is 13.1. The third kappa shape index (κ3) is 8.48. The van der Waals surface area contributed by atoms with Gasteiger partial charge in [-0.1, -0.05) is 24.3 Å². The number of carbonyl (C=O) groups is 3. The lowest BCUT2D eigenvalue weighted by Crippen LogP contribution is -2.42. The second kappa shape index (κ2) is 13.0. The Balaban J connectivity index is 1.61. The predicted molar refractivity (Wildman–Crippen MR) is 144 cm³/mol. The van der Waals surface area contributed by atoms with Crippen LogP contribution in [0.3, 0.4) is 0 Å². The van der Waals surface area contributed by atoms with Crippen molar-refractivity contribution in [2.75, 3.05) is 26.2 Å². The first kappa shape index (κ1) is 30.0. The fourth-order valence-electron chi connectivity index (χ4n) is 4.30. The van der Waals surface area contributed by atoms with Gasteiger partial charge >= 0.3 is 6.09 Å². The monoisotopic (exact) mass is 555 g/mol. The van der Waals surface area contributed by atoms with Gasteiger partial charge in [-0.25, -0.2) is 4.79 Å². The van der Waals surface area contributed by atoms with E-state index in [1.807, 2.05) is 0 Å². The van der Waals surface area contributed by atoms with Crippen molar-refractivity contribution in [3.8, 4) is 0 Å². The Morgan fingerprint density at radius 1 is 0.800 bits per heavy atom. The molecule has 1 fully saturated rings. The molecule has 1 aliphatic rings. The molecule has 1 aliphatic heterocycles. The normalized spacial score (nSPS) is 16.7. The first-order valence-corrected chi connectivity index (χ1v) is 12.8. The van der Waals surface area contributed by atoms with Crippen molar-refractivity contribution in [2.45, 2.75) is 39.2 Å². The number of nitrogens with zero attached hydrogens (tertiary/aromatic N) is 3. The van der Waals surface area contributed by atoms with Crippen molar-refractivity contribution in [3.63, 3.8) is 0 Å². The van der Waals surface area contributed by atoms with E-state index in [0.29, 0.717) is 12.8 Å². The largest absolute Gasteiger partial charge is 0.444 e. The quantitative estimate of drug-likeness (QED) is 0.332. The molecule has 0 radical (unpaired) electrons. The van der Waals surface area contributed by atoms with Crippen LogP contribution in [0.1, 0.15) is 31.9 Å². The van der Waals surface area contributed by atoms with E-state index in [2.05, 4.69) is 10.6 Å². The molecule has 2 aromatic carbocycles. The lowest BCUT2D eigenvalue weighted by Gasteiger charge is -2.24. The number of nitrogens with one attached hydrogen (secondary N) is 2. The highest BCUT2D eigenvalue weighted by Gasteiger charge is 2.44. The van der Waals surface area contributed by atoms with Crippen LogP contribution in [0.5, 0.6) is 0 Å². The predicted octanol–water partition coefficient (Wildman–Crippen LogP) is 3.00. The summed E-state index contributed by atoms with van der Waals surface area (Å²) >= 11 is 0. The molecule has 13 nitrogen and oxygen atoms in total. The van der Waals surface area contributed by atoms with Crippen LogP contribution in [0.4, 0.5) is 16.2 Å². The van der Waals surface area contributed by atoms with Crippen molar-refractivity contribution in [2.24, 2.45) is 11.8 Å². The van der Waals surface area contributed by atoms with E-state index in [9.17, 15) is 34.6 Å². The van der Waals surface area contributed by atoms with Crippen molar-refractivity contribution < 1.29 is 29.0 Å². The average Bonchev–Trinajstić information content (AvgIpc) is 3.34. The molecule has 0 unspecified atom stereocenters. The molecule has 214 valence electrons. The van der Waals surface area contributed by atoms with E-state index >= 15 is 0 Å². The van der Waals surface area contributed by atoms with E-state index in [0.717, 1.165) is 11.1 Å². The van der Waals surface area contributed by atoms with Crippen molar-refractivity contribution in [3.05, 3.63) is 79.9 Å². The number of ether oxygens (including phenoxy) is 1. The van der Waals surface area contributed by atoms with Crippen molar-refractivity contribution in [1.29, 1.82) is 0 Å². The minimum absolute atomic E-state index is 0.0126. The molecule has 40 heavy (non-hydrogen) atoms. The fourth-order valence-corrected chi connectivity index (χ4v) is 4.30. The van der Waals surface area contributed by atoms with Gasteiger partial charge in [0.1, 0.15) is 5.60 Å². The Bertz CT molecular complexity index is 1160. The molecule has 3 amide bonds. The summed E-state index contributed by atoms with van der Waals surface area (Å²) in [6.45, 7) is 5.70. The van der Waals surface area contributed by atoms with Crippen LogP contribution in [-0.2, 0) is 27.2 Å². The SMILES string of the molecule is CC(C)(C)OC(=O)N1C[C@@H](C(=O)NCCc2ccc([N+](=O)[O-])cc2)[C@H](C(=O)NCCc2ccc([N+](=O)[O-])cc2)C1. The fraction of sp³-hybridized carbons (Fsp3) is 0.444. The molecule has 0 aliphatic carbocycles. The van der Waals surface area contributed by atoms with Gasteiger partial charge in [-0.3, -0.25) is 29.8 Å². The van der Waals surface area contributed by atoms with E-state index < -0.39 is 33.4 Å². The van der Waals surface area contributed by atoms with E-state index in [1.54, 1.807) is 45.0 Å². The van der Waals surface area contributed by atoms with E-state index in [4.69, 9.17) is 4.74 Å². The molecule has 3 rings (SSSR count). The maximum Gasteiger partial charge on any atom is 0.410 e. The van der Waals surface area contributed by atoms with Crippen LogP contribution in [0.2, 0.25) is 0 Å². The smallest absolute Gasteiger partial charge is 0.410 e. The van der Waals surface area contributed by atoms with Crippen LogP contribution >= 0.6 is 0 Å². The topological polar surface area (TPSA) is 174 Å². The Hall–Kier alpha value is -4.55. The summed E-state index contributed by atoms with van der Waals surface area (Å²) in [5.41, 5.74) is 0.804. The summed E-state index contributed by atoms with van der Waals surface area (Å²) in [6, 6.07) is 12.0. The van der Waals surface area contributed by atoms with Gasteiger partial charge in [0.15, 0.2) is 0 Å². The Kier molecular flexibility index (Phi) is 9.75. The van der Waals surface area contributed by atoms with Crippen LogP contribution in [0.15, 0.2) is 48.5 Å². The number of hydrogen-bond donors (Lipinski definition) is 2. The molecule has 0 aromatic heterocycles. The standard InChI is InChI=1S/C27H33N5O8/c1-27(2,3)40-26(35)30-16-22(24(33)28-14-12-18-4-8-20(9-5-18)31(36)37)23(17-30)25(34)29-15-13-19-6-10-21(11-7-19)32(38)39/h4-11,22-23H,12-17H2,1-3H3,(H,28,33)(H,29,34)/t22-,23-/m1/s1. The third-order valence-electron chi connectivity index (χ3n) is 6.37. The zero-order valence-electron chi connectivity index (χ0n) is 22.6. The van der Waals surface area contributed by atoms with Crippen LogP contribution in [0.25, 0.3) is 0 Å². The van der Waals surface area contributed by atoms with Gasteiger partial charge in [-0.15, -0.1) is 0 Å². The molecule has 1 saturated heterocycles. The van der Waals surface area contributed by atoms with Crippen LogP contribution in [-0.4, -0.2) is 64.4 Å². The Labute approximate surface area is 231 Å². The molecule has 0 saturated carbocycles. The number of nitro groups is 2. The third-order valence-corrected chi connectivity index (χ3v) is 6.37. The van der Waals surface area contributed by atoms with Gasteiger partial charge in [0, 0.05) is 50.4 Å². The highest BCUT2D eigenvalue weighted by Crippen LogP contribution is 2.26. The maximum absolute atomic E-state index is 13.1. The second-order valence-corrected chi connectivity index (χ2v) is 10.5. The van der Waals surface area contributed by atoms with E-state index in [1.165, 1.54) is 29.2 Å². The summed E-state index contributed by atoms with van der Waals surface area (Å²) in [5.74, 6) is -2.38. The number of hydrogen-bond acceptors (Lipinski definition) is 8. The van der Waals surface area contributed by atoms with Gasteiger partial charge in [0.2, 0.25) is 11.8 Å². The molecule has 0 spiro atoms. The lowest BCUT2D eigenvalue weighted by molar-refractivity contribution is -0.385. The van der Waals surface area contributed by atoms with Crippen molar-refractivity contribution >= 4 is 29.3 Å². The lowest BCUT2D eigenvalue weighted by atomic mass is 9.94. The first-order valence-electron chi connectivity index (χ1n) is 12.8. The Morgan fingerprint density at radius 2 is 1.18 bits per heavy atom. The van der Waals surface area contributed by atoms with Gasteiger partial charge in [-0.2, -0.15) is 0 Å².